The van der Waals surface area contributed by atoms with Crippen molar-refractivity contribution in [3.63, 3.8) is 0 Å². The molecule has 0 spiro atoms. The number of hydrogen-bond acceptors (Lipinski definition) is 2. The summed E-state index contributed by atoms with van der Waals surface area (Å²) in [6, 6.07) is 12.1. The molecule has 0 saturated carbocycles. The first-order valence-electron chi connectivity index (χ1n) is 6.77. The minimum absolute atomic E-state index is 0.0823. The van der Waals surface area contributed by atoms with Crippen molar-refractivity contribution in [3.8, 4) is 5.75 Å². The van der Waals surface area contributed by atoms with E-state index in [1.165, 1.54) is 18.3 Å². The molecule has 1 heterocycles. The first-order chi connectivity index (χ1) is 10.9. The molecule has 6 heteroatoms. The van der Waals surface area contributed by atoms with Crippen LogP contribution < -0.4 is 4.74 Å². The number of pyridine rings is 1. The molecule has 2 aromatic carbocycles. The van der Waals surface area contributed by atoms with Crippen LogP contribution in [0.4, 0.5) is 13.2 Å². The van der Waals surface area contributed by atoms with Gasteiger partial charge in [-0.2, -0.15) is 13.2 Å². The number of hydrogen-bond donors (Lipinski definition) is 0. The van der Waals surface area contributed by atoms with Gasteiger partial charge in [0.25, 0.3) is 0 Å². The maximum absolute atomic E-state index is 13.0. The van der Waals surface area contributed by atoms with Crippen molar-refractivity contribution in [3.05, 3.63) is 70.9 Å². The molecule has 3 aromatic rings. The standard InChI is InChI=1S/C17H11ClF3NO/c18-12-5-6-13-15(9-12)22-8-7-16(13)23-10-11-3-1-2-4-14(11)17(19,20)21/h1-9H,10H2. The fourth-order valence-corrected chi connectivity index (χ4v) is 2.47. The highest BCUT2D eigenvalue weighted by atomic mass is 35.5. The highest BCUT2D eigenvalue weighted by Gasteiger charge is 2.32. The largest absolute Gasteiger partial charge is 0.488 e. The van der Waals surface area contributed by atoms with Crippen molar-refractivity contribution < 1.29 is 17.9 Å². The normalized spacial score (nSPS) is 11.7. The van der Waals surface area contributed by atoms with E-state index in [9.17, 15) is 13.2 Å². The second-order valence-corrected chi connectivity index (χ2v) is 5.35. The van der Waals surface area contributed by atoms with Gasteiger partial charge in [0.1, 0.15) is 12.4 Å². The van der Waals surface area contributed by atoms with E-state index in [0.717, 1.165) is 6.07 Å². The molecule has 0 aliphatic rings. The average Bonchev–Trinajstić information content (AvgIpc) is 2.52. The van der Waals surface area contributed by atoms with E-state index < -0.39 is 11.7 Å². The summed E-state index contributed by atoms with van der Waals surface area (Å²) in [6.45, 7) is -0.183. The third-order valence-corrected chi connectivity index (χ3v) is 3.61. The molecule has 0 aliphatic carbocycles. The van der Waals surface area contributed by atoms with E-state index in [1.54, 1.807) is 30.3 Å². The van der Waals surface area contributed by atoms with Gasteiger partial charge in [-0.3, -0.25) is 4.98 Å². The second-order valence-electron chi connectivity index (χ2n) is 4.91. The summed E-state index contributed by atoms with van der Waals surface area (Å²) in [7, 11) is 0. The monoisotopic (exact) mass is 337 g/mol. The average molecular weight is 338 g/mol. The molecule has 0 aliphatic heterocycles. The molecular weight excluding hydrogens is 327 g/mol. The Bertz CT molecular complexity index is 849. The lowest BCUT2D eigenvalue weighted by Crippen LogP contribution is -2.10. The number of aromatic nitrogens is 1. The fraction of sp³-hybridized carbons (Fsp3) is 0.118. The molecule has 0 N–H and O–H groups in total. The first kappa shape index (κ1) is 15.6. The van der Waals surface area contributed by atoms with Gasteiger partial charge in [-0.25, -0.2) is 0 Å². The van der Waals surface area contributed by atoms with E-state index in [4.69, 9.17) is 16.3 Å². The number of halogens is 4. The predicted molar refractivity (Wildman–Crippen MR) is 82.5 cm³/mol. The molecule has 0 fully saturated rings. The highest BCUT2D eigenvalue weighted by Crippen LogP contribution is 2.33. The van der Waals surface area contributed by atoms with Gasteiger partial charge in [-0.15, -0.1) is 0 Å². The number of alkyl halides is 3. The summed E-state index contributed by atoms with van der Waals surface area (Å²) in [5.41, 5.74) is 0.0134. The molecule has 1 aromatic heterocycles. The molecule has 118 valence electrons. The van der Waals surface area contributed by atoms with E-state index in [2.05, 4.69) is 4.98 Å². The van der Waals surface area contributed by atoms with Crippen LogP contribution in [0, 0.1) is 0 Å². The Labute approximate surface area is 135 Å². The number of fused-ring (bicyclic) bond motifs is 1. The molecule has 0 atom stereocenters. The van der Waals surface area contributed by atoms with Gasteiger partial charge in [0.05, 0.1) is 11.1 Å². The summed E-state index contributed by atoms with van der Waals surface area (Å²) in [6.07, 6.45) is -2.88. The summed E-state index contributed by atoms with van der Waals surface area (Å²) in [5.74, 6) is 0.462. The van der Waals surface area contributed by atoms with Crippen LogP contribution in [0.2, 0.25) is 5.02 Å². The molecule has 0 radical (unpaired) electrons. The van der Waals surface area contributed by atoms with Crippen molar-refractivity contribution in [2.24, 2.45) is 0 Å². The van der Waals surface area contributed by atoms with E-state index in [1.807, 2.05) is 0 Å². The Kier molecular flexibility index (Phi) is 4.13. The van der Waals surface area contributed by atoms with E-state index in [0.29, 0.717) is 21.7 Å². The quantitative estimate of drug-likeness (QED) is 0.631. The van der Waals surface area contributed by atoms with Gasteiger partial charge in [0.15, 0.2) is 0 Å². The van der Waals surface area contributed by atoms with Gasteiger partial charge < -0.3 is 4.74 Å². The van der Waals surface area contributed by atoms with Crippen LogP contribution in [0.25, 0.3) is 10.9 Å². The van der Waals surface area contributed by atoms with E-state index >= 15 is 0 Å². The van der Waals surface area contributed by atoms with Crippen LogP contribution in [-0.4, -0.2) is 4.98 Å². The Hall–Kier alpha value is -2.27. The lowest BCUT2D eigenvalue weighted by atomic mass is 10.1. The Morgan fingerprint density at radius 3 is 2.61 bits per heavy atom. The van der Waals surface area contributed by atoms with Crippen molar-refractivity contribution in [1.29, 1.82) is 0 Å². The summed E-state index contributed by atoms with van der Waals surface area (Å²) in [4.78, 5) is 4.17. The Morgan fingerprint density at radius 1 is 1.04 bits per heavy atom. The van der Waals surface area contributed by atoms with Crippen molar-refractivity contribution in [2.45, 2.75) is 12.8 Å². The van der Waals surface area contributed by atoms with Gasteiger partial charge in [0, 0.05) is 22.2 Å². The topological polar surface area (TPSA) is 22.1 Å². The van der Waals surface area contributed by atoms with Gasteiger partial charge in [-0.1, -0.05) is 29.8 Å². The molecule has 0 unspecified atom stereocenters. The lowest BCUT2D eigenvalue weighted by Gasteiger charge is -2.14. The second kappa shape index (κ2) is 6.08. The summed E-state index contributed by atoms with van der Waals surface area (Å²) in [5, 5.41) is 1.23. The third-order valence-electron chi connectivity index (χ3n) is 3.37. The Morgan fingerprint density at radius 2 is 1.83 bits per heavy atom. The maximum Gasteiger partial charge on any atom is 0.416 e. The molecule has 0 saturated heterocycles. The fourth-order valence-electron chi connectivity index (χ4n) is 2.30. The van der Waals surface area contributed by atoms with Crippen LogP contribution in [-0.2, 0) is 12.8 Å². The zero-order chi connectivity index (χ0) is 16.4. The molecule has 2 nitrogen and oxygen atoms in total. The molecule has 3 rings (SSSR count). The smallest absolute Gasteiger partial charge is 0.416 e. The van der Waals surface area contributed by atoms with Gasteiger partial charge in [-0.05, 0) is 30.3 Å². The van der Waals surface area contributed by atoms with Crippen molar-refractivity contribution >= 4 is 22.5 Å². The van der Waals surface area contributed by atoms with E-state index in [-0.39, 0.29) is 12.2 Å². The van der Waals surface area contributed by atoms with Crippen LogP contribution in [0.15, 0.2) is 54.7 Å². The lowest BCUT2D eigenvalue weighted by molar-refractivity contribution is -0.138. The molecule has 0 amide bonds. The van der Waals surface area contributed by atoms with Crippen LogP contribution in [0.5, 0.6) is 5.75 Å². The number of benzene rings is 2. The third kappa shape index (κ3) is 3.40. The molecular formula is C17H11ClF3NO. The number of nitrogens with zero attached hydrogens (tertiary/aromatic N) is 1. The minimum atomic E-state index is -4.41. The van der Waals surface area contributed by atoms with Crippen LogP contribution in [0.3, 0.4) is 0 Å². The highest BCUT2D eigenvalue weighted by molar-refractivity contribution is 6.31. The van der Waals surface area contributed by atoms with Crippen molar-refractivity contribution in [2.75, 3.05) is 0 Å². The van der Waals surface area contributed by atoms with Gasteiger partial charge in [0.2, 0.25) is 0 Å². The Balaban J connectivity index is 1.90. The number of rotatable bonds is 3. The van der Waals surface area contributed by atoms with Crippen molar-refractivity contribution in [1.82, 2.24) is 4.98 Å². The summed E-state index contributed by atoms with van der Waals surface area (Å²) >= 11 is 5.91. The number of ether oxygens (including phenoxy) is 1. The maximum atomic E-state index is 13.0. The summed E-state index contributed by atoms with van der Waals surface area (Å²) < 4.78 is 44.6. The SMILES string of the molecule is FC(F)(F)c1ccccc1COc1ccnc2cc(Cl)ccc12. The predicted octanol–water partition coefficient (Wildman–Crippen LogP) is 5.49. The molecule has 0 bridgehead atoms. The van der Waals surface area contributed by atoms with Crippen LogP contribution >= 0.6 is 11.6 Å². The van der Waals surface area contributed by atoms with Gasteiger partial charge >= 0.3 is 6.18 Å². The molecule has 23 heavy (non-hydrogen) atoms. The van der Waals surface area contributed by atoms with Crippen LogP contribution in [0.1, 0.15) is 11.1 Å². The zero-order valence-electron chi connectivity index (χ0n) is 11.8. The minimum Gasteiger partial charge on any atom is -0.488 e. The first-order valence-corrected chi connectivity index (χ1v) is 7.15. The zero-order valence-corrected chi connectivity index (χ0v) is 12.5.